The third kappa shape index (κ3) is 4.71. The summed E-state index contributed by atoms with van der Waals surface area (Å²) in [5.74, 6) is -0.889. The van der Waals surface area contributed by atoms with Gasteiger partial charge < -0.3 is 14.9 Å². The fraction of sp³-hybridized carbons (Fsp3) is 0.240. The van der Waals surface area contributed by atoms with E-state index >= 15 is 0 Å². The number of anilines is 2. The first-order valence-electron chi connectivity index (χ1n) is 11.5. The van der Waals surface area contributed by atoms with Crippen LogP contribution in [0.4, 0.5) is 11.5 Å². The van der Waals surface area contributed by atoms with Crippen molar-refractivity contribution in [3.63, 3.8) is 0 Å². The number of carboxylic acids is 1. The summed E-state index contributed by atoms with van der Waals surface area (Å²) in [6.07, 6.45) is 2.99. The van der Waals surface area contributed by atoms with Crippen molar-refractivity contribution in [3.8, 4) is 0 Å². The lowest BCUT2D eigenvalue weighted by Crippen LogP contribution is -2.47. The van der Waals surface area contributed by atoms with Crippen LogP contribution in [0, 0.1) is 0 Å². The maximum Gasteiger partial charge on any atom is 0.305 e. The summed E-state index contributed by atoms with van der Waals surface area (Å²) >= 11 is 6.38. The molecule has 1 N–H and O–H groups in total. The fourth-order valence-corrected chi connectivity index (χ4v) is 5.60. The molecule has 5 rings (SSSR count). The summed E-state index contributed by atoms with van der Waals surface area (Å²) in [6, 6.07) is 15.5. The Balaban J connectivity index is 1.49. The van der Waals surface area contributed by atoms with Crippen molar-refractivity contribution in [2.75, 3.05) is 42.5 Å². The third-order valence-corrected chi connectivity index (χ3v) is 7.53. The van der Waals surface area contributed by atoms with E-state index < -0.39 is 11.9 Å². The lowest BCUT2D eigenvalue weighted by atomic mass is 10.2. The average molecular weight is 522 g/mol. The Morgan fingerprint density at radius 2 is 1.72 bits per heavy atom. The second kappa shape index (κ2) is 10.1. The number of aliphatic carboxylic acids is 1. The number of hydrogen-bond donors (Lipinski definition) is 1. The second-order valence-corrected chi connectivity index (χ2v) is 10.0. The number of hydrogen-bond acceptors (Lipinski definition) is 8. The summed E-state index contributed by atoms with van der Waals surface area (Å²) in [6.45, 7) is 2.82. The van der Waals surface area contributed by atoms with Gasteiger partial charge in [-0.15, -0.1) is 0 Å². The van der Waals surface area contributed by atoms with E-state index in [4.69, 9.17) is 22.3 Å². The van der Waals surface area contributed by atoms with Gasteiger partial charge in [0.2, 0.25) is 0 Å². The summed E-state index contributed by atoms with van der Waals surface area (Å²) in [5.41, 5.74) is 1.70. The molecular formula is C25H23N5O4S2. The number of piperazine rings is 1. The Hall–Kier alpha value is -3.70. The van der Waals surface area contributed by atoms with E-state index in [1.165, 1.54) is 9.30 Å². The molecule has 0 spiro atoms. The molecule has 184 valence electrons. The highest BCUT2D eigenvalue weighted by atomic mass is 32.2. The monoisotopic (exact) mass is 521 g/mol. The normalized spacial score (nSPS) is 17.4. The molecule has 0 atom stereocenters. The molecule has 4 heterocycles. The third-order valence-electron chi connectivity index (χ3n) is 6.15. The molecule has 2 aliphatic heterocycles. The highest BCUT2D eigenvalue weighted by Crippen LogP contribution is 2.34. The van der Waals surface area contributed by atoms with Gasteiger partial charge in [0.1, 0.15) is 15.8 Å². The predicted octanol–water partition coefficient (Wildman–Crippen LogP) is 2.70. The lowest BCUT2D eigenvalue weighted by molar-refractivity contribution is -0.137. The van der Waals surface area contributed by atoms with Crippen LogP contribution in [0.25, 0.3) is 11.7 Å². The quantitative estimate of drug-likeness (QED) is 0.388. The Labute approximate surface area is 216 Å². The summed E-state index contributed by atoms with van der Waals surface area (Å²) in [7, 11) is 0. The number of amides is 1. The zero-order valence-electron chi connectivity index (χ0n) is 19.2. The van der Waals surface area contributed by atoms with Gasteiger partial charge >= 0.3 is 5.97 Å². The van der Waals surface area contributed by atoms with Crippen LogP contribution in [0.2, 0.25) is 0 Å². The molecular weight excluding hydrogens is 498 g/mol. The average Bonchev–Trinajstić information content (AvgIpc) is 3.16. The minimum Gasteiger partial charge on any atom is -0.481 e. The van der Waals surface area contributed by atoms with Crippen molar-refractivity contribution >= 4 is 63.4 Å². The Morgan fingerprint density at radius 3 is 2.44 bits per heavy atom. The number of carbonyl (C=O) groups excluding carboxylic acids is 1. The number of carboxylic acid groups (broad SMARTS) is 1. The van der Waals surface area contributed by atoms with Crippen molar-refractivity contribution < 1.29 is 14.7 Å². The molecule has 2 aromatic heterocycles. The van der Waals surface area contributed by atoms with E-state index in [0.29, 0.717) is 30.1 Å². The van der Waals surface area contributed by atoms with Crippen LogP contribution in [0.1, 0.15) is 12.0 Å². The topological polar surface area (TPSA) is 98.5 Å². The maximum atomic E-state index is 13.5. The van der Waals surface area contributed by atoms with Crippen LogP contribution >= 0.6 is 24.0 Å². The summed E-state index contributed by atoms with van der Waals surface area (Å²) < 4.78 is 1.74. The summed E-state index contributed by atoms with van der Waals surface area (Å²) in [4.78, 5) is 48.2. The van der Waals surface area contributed by atoms with Crippen molar-refractivity contribution in [2.24, 2.45) is 0 Å². The molecule has 1 amide bonds. The van der Waals surface area contributed by atoms with Gasteiger partial charge in [-0.3, -0.25) is 23.7 Å². The van der Waals surface area contributed by atoms with E-state index in [0.717, 1.165) is 30.5 Å². The van der Waals surface area contributed by atoms with Gasteiger partial charge in [0.25, 0.3) is 11.5 Å². The summed E-state index contributed by atoms with van der Waals surface area (Å²) in [5, 5.41) is 8.99. The number of benzene rings is 1. The minimum absolute atomic E-state index is 0.0133. The number of fused-ring (bicyclic) bond motifs is 1. The first-order chi connectivity index (χ1) is 17.4. The second-order valence-electron chi connectivity index (χ2n) is 8.37. The Bertz CT molecular complexity index is 1430. The van der Waals surface area contributed by atoms with Gasteiger partial charge in [0, 0.05) is 44.6 Å². The number of rotatable bonds is 6. The highest BCUT2D eigenvalue weighted by molar-refractivity contribution is 8.26. The van der Waals surface area contributed by atoms with Gasteiger partial charge in [0.15, 0.2) is 0 Å². The number of carbonyl (C=O) groups is 2. The van der Waals surface area contributed by atoms with Crippen LogP contribution in [0.15, 0.2) is 64.4 Å². The van der Waals surface area contributed by atoms with Crippen LogP contribution < -0.4 is 15.4 Å². The van der Waals surface area contributed by atoms with Crippen LogP contribution in [-0.4, -0.2) is 68.3 Å². The molecule has 0 bridgehead atoms. The van der Waals surface area contributed by atoms with Gasteiger partial charge in [-0.05, 0) is 30.3 Å². The number of thioether (sulfide) groups is 1. The molecule has 2 aliphatic rings. The van der Waals surface area contributed by atoms with Crippen LogP contribution in [-0.2, 0) is 9.59 Å². The Morgan fingerprint density at radius 1 is 1.03 bits per heavy atom. The number of aromatic nitrogens is 2. The van der Waals surface area contributed by atoms with E-state index in [1.54, 1.807) is 24.4 Å². The largest absolute Gasteiger partial charge is 0.481 e. The van der Waals surface area contributed by atoms with Crippen molar-refractivity contribution in [1.29, 1.82) is 0 Å². The molecule has 36 heavy (non-hydrogen) atoms. The zero-order valence-corrected chi connectivity index (χ0v) is 20.9. The molecule has 0 saturated carbocycles. The minimum atomic E-state index is -1.01. The number of nitrogens with zero attached hydrogens (tertiary/aromatic N) is 5. The smallest absolute Gasteiger partial charge is 0.305 e. The first-order valence-corrected chi connectivity index (χ1v) is 12.7. The van der Waals surface area contributed by atoms with Gasteiger partial charge in [-0.2, -0.15) is 0 Å². The van der Waals surface area contributed by atoms with E-state index in [2.05, 4.69) is 21.9 Å². The molecule has 0 aliphatic carbocycles. The standard InChI is InChI=1S/C25H23N5O4S2/c31-21(32)9-11-30-24(34)19(36-25(30)35)16-18-22(26-20-8-4-5-10-29(20)23(18)33)28-14-12-27(13-15-28)17-6-2-1-3-7-17/h1-8,10,16H,9,11-15H2,(H,31,32)/b19-16-. The maximum absolute atomic E-state index is 13.5. The zero-order chi connectivity index (χ0) is 25.2. The van der Waals surface area contributed by atoms with Crippen LogP contribution in [0.3, 0.4) is 0 Å². The van der Waals surface area contributed by atoms with Crippen molar-refractivity contribution in [3.05, 3.63) is 75.6 Å². The van der Waals surface area contributed by atoms with E-state index in [-0.39, 0.29) is 27.8 Å². The first kappa shape index (κ1) is 24.0. The molecule has 2 saturated heterocycles. The molecule has 0 unspecified atom stereocenters. The van der Waals surface area contributed by atoms with E-state index in [1.807, 2.05) is 24.3 Å². The fourth-order valence-electron chi connectivity index (χ4n) is 4.30. The Kier molecular flexibility index (Phi) is 6.75. The van der Waals surface area contributed by atoms with E-state index in [9.17, 15) is 14.4 Å². The molecule has 0 radical (unpaired) electrons. The van der Waals surface area contributed by atoms with Crippen LogP contribution in [0.5, 0.6) is 0 Å². The van der Waals surface area contributed by atoms with Crippen molar-refractivity contribution in [2.45, 2.75) is 6.42 Å². The SMILES string of the molecule is O=C(O)CCN1C(=O)/C(=C/c2c(N3CCN(c4ccccc4)CC3)nc3ccccn3c2=O)SC1=S. The number of para-hydroxylation sites is 1. The molecule has 11 heteroatoms. The van der Waals surface area contributed by atoms with Crippen molar-refractivity contribution in [1.82, 2.24) is 14.3 Å². The molecule has 9 nitrogen and oxygen atoms in total. The van der Waals surface area contributed by atoms with Gasteiger partial charge in [0.05, 0.1) is 16.9 Å². The number of pyridine rings is 1. The predicted molar refractivity (Wildman–Crippen MR) is 144 cm³/mol. The van der Waals surface area contributed by atoms with Gasteiger partial charge in [-0.1, -0.05) is 48.2 Å². The van der Waals surface area contributed by atoms with Gasteiger partial charge in [-0.25, -0.2) is 4.98 Å². The highest BCUT2D eigenvalue weighted by Gasteiger charge is 2.33. The molecule has 2 fully saturated rings. The molecule has 1 aromatic carbocycles. The molecule has 3 aromatic rings. The lowest BCUT2D eigenvalue weighted by Gasteiger charge is -2.37. The number of thiocarbonyl (C=S) groups is 1.